The van der Waals surface area contributed by atoms with Crippen molar-refractivity contribution in [3.8, 4) is 5.75 Å². The molecule has 0 amide bonds. The molecule has 2 aromatic rings. The SMILES string of the molecule is COc1ccc(N(C)c2ccc(CCl)c(C)c2)cc1. The lowest BCUT2D eigenvalue weighted by atomic mass is 10.1. The summed E-state index contributed by atoms with van der Waals surface area (Å²) in [5.41, 5.74) is 4.66. The second-order valence-electron chi connectivity index (χ2n) is 4.50. The Morgan fingerprint density at radius 3 is 2.21 bits per heavy atom. The van der Waals surface area contributed by atoms with E-state index in [4.69, 9.17) is 16.3 Å². The summed E-state index contributed by atoms with van der Waals surface area (Å²) in [6.45, 7) is 2.09. The van der Waals surface area contributed by atoms with Crippen molar-refractivity contribution in [2.24, 2.45) is 0 Å². The van der Waals surface area contributed by atoms with E-state index in [1.165, 1.54) is 11.1 Å². The summed E-state index contributed by atoms with van der Waals surface area (Å²) in [7, 11) is 3.73. The number of nitrogens with zero attached hydrogens (tertiary/aromatic N) is 1. The molecule has 0 atom stereocenters. The van der Waals surface area contributed by atoms with Crippen molar-refractivity contribution < 1.29 is 4.74 Å². The van der Waals surface area contributed by atoms with Crippen molar-refractivity contribution in [3.05, 3.63) is 53.6 Å². The van der Waals surface area contributed by atoms with Gasteiger partial charge in [0.05, 0.1) is 7.11 Å². The maximum atomic E-state index is 5.89. The second-order valence-corrected chi connectivity index (χ2v) is 4.77. The summed E-state index contributed by atoms with van der Waals surface area (Å²) >= 11 is 5.89. The Labute approximate surface area is 119 Å². The molecule has 0 aliphatic carbocycles. The summed E-state index contributed by atoms with van der Waals surface area (Å²) in [5, 5.41) is 0. The predicted molar refractivity (Wildman–Crippen MR) is 81.8 cm³/mol. The van der Waals surface area contributed by atoms with Crippen LogP contribution >= 0.6 is 11.6 Å². The Morgan fingerprint density at radius 2 is 1.68 bits per heavy atom. The van der Waals surface area contributed by atoms with Crippen LogP contribution in [0, 0.1) is 6.92 Å². The van der Waals surface area contributed by atoms with E-state index in [1.54, 1.807) is 7.11 Å². The molecular formula is C16H18ClNO. The van der Waals surface area contributed by atoms with E-state index in [9.17, 15) is 0 Å². The first-order valence-electron chi connectivity index (χ1n) is 6.19. The van der Waals surface area contributed by atoms with E-state index < -0.39 is 0 Å². The van der Waals surface area contributed by atoms with Crippen molar-refractivity contribution in [2.75, 3.05) is 19.1 Å². The molecule has 0 unspecified atom stereocenters. The van der Waals surface area contributed by atoms with Crippen molar-refractivity contribution in [1.29, 1.82) is 0 Å². The number of halogens is 1. The number of rotatable bonds is 4. The molecule has 0 spiro atoms. The molecule has 2 rings (SSSR count). The van der Waals surface area contributed by atoms with Crippen LogP contribution in [0.15, 0.2) is 42.5 Å². The highest BCUT2D eigenvalue weighted by Gasteiger charge is 2.06. The summed E-state index contributed by atoms with van der Waals surface area (Å²) in [4.78, 5) is 2.14. The minimum atomic E-state index is 0.554. The Balaban J connectivity index is 2.27. The molecule has 3 heteroatoms. The first-order valence-corrected chi connectivity index (χ1v) is 6.72. The molecule has 0 saturated heterocycles. The first-order chi connectivity index (χ1) is 9.15. The molecule has 0 aliphatic rings. The van der Waals surface area contributed by atoms with Gasteiger partial charge >= 0.3 is 0 Å². The molecule has 0 saturated carbocycles. The summed E-state index contributed by atoms with van der Waals surface area (Å²) < 4.78 is 5.17. The van der Waals surface area contributed by atoms with E-state index in [1.807, 2.05) is 24.3 Å². The monoisotopic (exact) mass is 275 g/mol. The Kier molecular flexibility index (Phi) is 4.33. The predicted octanol–water partition coefficient (Wildman–Crippen LogP) is 4.51. The lowest BCUT2D eigenvalue weighted by Gasteiger charge is -2.21. The molecule has 0 aliphatic heterocycles. The molecule has 0 N–H and O–H groups in total. The van der Waals surface area contributed by atoms with Crippen LogP contribution in [0.3, 0.4) is 0 Å². The smallest absolute Gasteiger partial charge is 0.119 e. The molecule has 0 bridgehead atoms. The first kappa shape index (κ1) is 13.8. The number of hydrogen-bond acceptors (Lipinski definition) is 2. The Bertz CT molecular complexity index is 551. The number of benzene rings is 2. The van der Waals surface area contributed by atoms with Gasteiger partial charge in [0, 0.05) is 24.3 Å². The van der Waals surface area contributed by atoms with Crippen molar-refractivity contribution >= 4 is 23.0 Å². The van der Waals surface area contributed by atoms with Crippen molar-refractivity contribution in [3.63, 3.8) is 0 Å². The standard InChI is InChI=1S/C16H18ClNO/c1-12-10-15(5-4-13(12)11-17)18(2)14-6-8-16(19-3)9-7-14/h4-10H,11H2,1-3H3. The summed E-state index contributed by atoms with van der Waals surface area (Å²) in [5.74, 6) is 1.42. The largest absolute Gasteiger partial charge is 0.497 e. The third kappa shape index (κ3) is 3.02. The average Bonchev–Trinajstić information content (AvgIpc) is 2.46. The van der Waals surface area contributed by atoms with Crippen LogP contribution < -0.4 is 9.64 Å². The molecule has 0 radical (unpaired) electrons. The van der Waals surface area contributed by atoms with E-state index in [0.717, 1.165) is 17.1 Å². The summed E-state index contributed by atoms with van der Waals surface area (Å²) in [6.07, 6.45) is 0. The van der Waals surface area contributed by atoms with Crippen LogP contribution in [-0.4, -0.2) is 14.2 Å². The average molecular weight is 276 g/mol. The fourth-order valence-electron chi connectivity index (χ4n) is 1.99. The van der Waals surface area contributed by atoms with Gasteiger partial charge in [-0.3, -0.25) is 0 Å². The van der Waals surface area contributed by atoms with Crippen molar-refractivity contribution in [1.82, 2.24) is 0 Å². The number of ether oxygens (including phenoxy) is 1. The van der Waals surface area contributed by atoms with Gasteiger partial charge in [-0.2, -0.15) is 0 Å². The lowest BCUT2D eigenvalue weighted by molar-refractivity contribution is 0.415. The van der Waals surface area contributed by atoms with Gasteiger partial charge in [-0.1, -0.05) is 6.07 Å². The molecule has 2 nitrogen and oxygen atoms in total. The van der Waals surface area contributed by atoms with Gasteiger partial charge in [0.2, 0.25) is 0 Å². The van der Waals surface area contributed by atoms with E-state index in [2.05, 4.69) is 37.1 Å². The zero-order valence-electron chi connectivity index (χ0n) is 11.5. The highest BCUT2D eigenvalue weighted by Crippen LogP contribution is 2.27. The van der Waals surface area contributed by atoms with Gasteiger partial charge in [-0.25, -0.2) is 0 Å². The van der Waals surface area contributed by atoms with Gasteiger partial charge in [-0.05, 0) is 54.4 Å². The zero-order valence-corrected chi connectivity index (χ0v) is 12.2. The fraction of sp³-hybridized carbons (Fsp3) is 0.250. The number of hydrogen-bond donors (Lipinski definition) is 0. The van der Waals surface area contributed by atoms with Gasteiger partial charge in [0.25, 0.3) is 0 Å². The molecule has 19 heavy (non-hydrogen) atoms. The third-order valence-corrected chi connectivity index (χ3v) is 3.61. The second kappa shape index (κ2) is 5.98. The van der Waals surface area contributed by atoms with Crippen LogP contribution in [-0.2, 0) is 5.88 Å². The highest BCUT2D eigenvalue weighted by molar-refractivity contribution is 6.17. The zero-order chi connectivity index (χ0) is 13.8. The topological polar surface area (TPSA) is 12.5 Å². The number of anilines is 2. The van der Waals surface area contributed by atoms with E-state index >= 15 is 0 Å². The normalized spacial score (nSPS) is 10.3. The third-order valence-electron chi connectivity index (χ3n) is 3.32. The number of methoxy groups -OCH3 is 1. The van der Waals surface area contributed by atoms with Gasteiger partial charge in [0.1, 0.15) is 5.75 Å². The molecule has 100 valence electrons. The molecular weight excluding hydrogens is 258 g/mol. The van der Waals surface area contributed by atoms with Gasteiger partial charge in [0.15, 0.2) is 0 Å². The van der Waals surface area contributed by atoms with E-state index in [0.29, 0.717) is 5.88 Å². The van der Waals surface area contributed by atoms with Crippen molar-refractivity contribution in [2.45, 2.75) is 12.8 Å². The quantitative estimate of drug-likeness (QED) is 0.761. The minimum Gasteiger partial charge on any atom is -0.497 e. The Morgan fingerprint density at radius 1 is 1.05 bits per heavy atom. The van der Waals surface area contributed by atoms with Crippen LogP contribution in [0.2, 0.25) is 0 Å². The summed E-state index contributed by atoms with van der Waals surface area (Å²) in [6, 6.07) is 14.3. The number of alkyl halides is 1. The molecule has 0 fully saturated rings. The lowest BCUT2D eigenvalue weighted by Crippen LogP contribution is -2.09. The molecule has 2 aromatic carbocycles. The Hall–Kier alpha value is -1.67. The molecule has 0 heterocycles. The maximum absolute atomic E-state index is 5.89. The number of aryl methyl sites for hydroxylation is 1. The highest BCUT2D eigenvalue weighted by atomic mass is 35.5. The van der Waals surface area contributed by atoms with Crippen LogP contribution in [0.4, 0.5) is 11.4 Å². The van der Waals surface area contributed by atoms with E-state index in [-0.39, 0.29) is 0 Å². The van der Waals surface area contributed by atoms with Gasteiger partial charge < -0.3 is 9.64 Å². The molecule has 0 aromatic heterocycles. The van der Waals surface area contributed by atoms with Crippen LogP contribution in [0.1, 0.15) is 11.1 Å². The minimum absolute atomic E-state index is 0.554. The fourth-order valence-corrected chi connectivity index (χ4v) is 2.29. The van der Waals surface area contributed by atoms with Gasteiger partial charge in [-0.15, -0.1) is 11.6 Å². The maximum Gasteiger partial charge on any atom is 0.119 e. The van der Waals surface area contributed by atoms with Crippen LogP contribution in [0.5, 0.6) is 5.75 Å². The van der Waals surface area contributed by atoms with Crippen LogP contribution in [0.25, 0.3) is 0 Å².